The van der Waals surface area contributed by atoms with E-state index in [9.17, 15) is 4.79 Å². The molecule has 102 valence electrons. The highest BCUT2D eigenvalue weighted by atomic mass is 16.4. The van der Waals surface area contributed by atoms with E-state index in [4.69, 9.17) is 5.11 Å². The van der Waals surface area contributed by atoms with Crippen LogP contribution in [0, 0.1) is 0 Å². The molecule has 0 rings (SSSR count). The molecule has 2 N–H and O–H groups in total. The fraction of sp³-hybridized carbons (Fsp3) is 0.923. The van der Waals surface area contributed by atoms with Crippen molar-refractivity contribution in [3.8, 4) is 0 Å². The predicted molar refractivity (Wildman–Crippen MR) is 71.3 cm³/mol. The van der Waals surface area contributed by atoms with Gasteiger partial charge in [-0.25, -0.2) is 0 Å². The molecule has 4 nitrogen and oxygen atoms in total. The molecule has 0 bridgehead atoms. The first-order valence-corrected chi connectivity index (χ1v) is 6.55. The topological polar surface area (TPSA) is 52.6 Å². The van der Waals surface area contributed by atoms with E-state index >= 15 is 0 Å². The van der Waals surface area contributed by atoms with Gasteiger partial charge >= 0.3 is 5.97 Å². The third-order valence-electron chi connectivity index (χ3n) is 2.98. The average molecular weight is 244 g/mol. The van der Waals surface area contributed by atoms with Gasteiger partial charge in [-0.3, -0.25) is 9.69 Å². The highest BCUT2D eigenvalue weighted by molar-refractivity contribution is 5.66. The van der Waals surface area contributed by atoms with Crippen LogP contribution in [0.25, 0.3) is 0 Å². The highest BCUT2D eigenvalue weighted by Crippen LogP contribution is 2.04. The third kappa shape index (κ3) is 8.16. The van der Waals surface area contributed by atoms with E-state index in [0.29, 0.717) is 18.5 Å². The smallest absolute Gasteiger partial charge is 0.303 e. The Morgan fingerprint density at radius 2 is 1.71 bits per heavy atom. The SMILES string of the molecule is CC(CCC(=O)O)NCCN(C(C)C)C(C)C. The molecule has 0 saturated carbocycles. The molecule has 4 heteroatoms. The summed E-state index contributed by atoms with van der Waals surface area (Å²) in [6, 6.07) is 1.37. The van der Waals surface area contributed by atoms with Crippen LogP contribution in [-0.4, -0.2) is 47.2 Å². The van der Waals surface area contributed by atoms with Gasteiger partial charge in [0.05, 0.1) is 0 Å². The average Bonchev–Trinajstić information content (AvgIpc) is 2.20. The Kier molecular flexibility index (Phi) is 8.17. The summed E-state index contributed by atoms with van der Waals surface area (Å²) in [5.74, 6) is -0.718. The van der Waals surface area contributed by atoms with Crippen LogP contribution in [0.1, 0.15) is 47.5 Å². The number of hydrogen-bond acceptors (Lipinski definition) is 3. The second kappa shape index (κ2) is 8.48. The van der Waals surface area contributed by atoms with Crippen molar-refractivity contribution in [2.45, 2.75) is 65.6 Å². The molecule has 0 heterocycles. The van der Waals surface area contributed by atoms with Crippen molar-refractivity contribution in [1.82, 2.24) is 10.2 Å². The Hall–Kier alpha value is -0.610. The lowest BCUT2D eigenvalue weighted by molar-refractivity contribution is -0.137. The van der Waals surface area contributed by atoms with Crippen molar-refractivity contribution < 1.29 is 9.90 Å². The second-order valence-electron chi connectivity index (χ2n) is 5.21. The van der Waals surface area contributed by atoms with Gasteiger partial charge in [0.25, 0.3) is 0 Å². The normalized spacial score (nSPS) is 13.6. The lowest BCUT2D eigenvalue weighted by atomic mass is 10.2. The highest BCUT2D eigenvalue weighted by Gasteiger charge is 2.13. The number of nitrogens with one attached hydrogen (secondary N) is 1. The molecule has 1 atom stereocenters. The van der Waals surface area contributed by atoms with Gasteiger partial charge in [-0.15, -0.1) is 0 Å². The van der Waals surface area contributed by atoms with Crippen LogP contribution in [-0.2, 0) is 4.79 Å². The number of carboxylic acids is 1. The fourth-order valence-corrected chi connectivity index (χ4v) is 1.99. The minimum absolute atomic E-state index is 0.242. The number of nitrogens with zero attached hydrogens (tertiary/aromatic N) is 1. The summed E-state index contributed by atoms with van der Waals surface area (Å²) in [7, 11) is 0. The molecular weight excluding hydrogens is 216 g/mol. The Morgan fingerprint density at radius 3 is 2.12 bits per heavy atom. The largest absolute Gasteiger partial charge is 0.481 e. The van der Waals surface area contributed by atoms with Crippen molar-refractivity contribution in [3.05, 3.63) is 0 Å². The molecule has 0 amide bonds. The Bertz CT molecular complexity index is 209. The lowest BCUT2D eigenvalue weighted by Crippen LogP contribution is -2.43. The summed E-state index contributed by atoms with van der Waals surface area (Å²) in [4.78, 5) is 12.9. The Morgan fingerprint density at radius 1 is 1.18 bits per heavy atom. The van der Waals surface area contributed by atoms with Gasteiger partial charge in [0.2, 0.25) is 0 Å². The van der Waals surface area contributed by atoms with Crippen LogP contribution >= 0.6 is 0 Å². The van der Waals surface area contributed by atoms with Gasteiger partial charge in [-0.1, -0.05) is 0 Å². The van der Waals surface area contributed by atoms with Crippen LogP contribution in [0.15, 0.2) is 0 Å². The molecule has 17 heavy (non-hydrogen) atoms. The molecule has 0 aromatic carbocycles. The van der Waals surface area contributed by atoms with Crippen LogP contribution < -0.4 is 5.32 Å². The number of rotatable bonds is 9. The number of carbonyl (C=O) groups is 1. The number of hydrogen-bond donors (Lipinski definition) is 2. The summed E-state index contributed by atoms with van der Waals surface area (Å²) in [6.07, 6.45) is 0.935. The molecule has 0 aliphatic rings. The zero-order valence-electron chi connectivity index (χ0n) is 11.9. The van der Waals surface area contributed by atoms with Gasteiger partial charge in [0, 0.05) is 37.6 Å². The lowest BCUT2D eigenvalue weighted by Gasteiger charge is -2.31. The Balaban J connectivity index is 3.76. The molecule has 0 saturated heterocycles. The maximum Gasteiger partial charge on any atom is 0.303 e. The van der Waals surface area contributed by atoms with Crippen LogP contribution in [0.2, 0.25) is 0 Å². The van der Waals surface area contributed by atoms with Crippen molar-refractivity contribution >= 4 is 5.97 Å². The number of aliphatic carboxylic acids is 1. The van der Waals surface area contributed by atoms with Crippen molar-refractivity contribution in [2.75, 3.05) is 13.1 Å². The minimum atomic E-state index is -0.718. The van der Waals surface area contributed by atoms with Crippen molar-refractivity contribution in [3.63, 3.8) is 0 Å². The van der Waals surface area contributed by atoms with E-state index in [2.05, 4.69) is 37.9 Å². The first-order chi connectivity index (χ1) is 7.84. The van der Waals surface area contributed by atoms with Gasteiger partial charge in [-0.05, 0) is 41.0 Å². The van der Waals surface area contributed by atoms with Crippen molar-refractivity contribution in [2.24, 2.45) is 0 Å². The molecule has 0 aromatic heterocycles. The molecule has 0 aromatic rings. The fourth-order valence-electron chi connectivity index (χ4n) is 1.99. The van der Waals surface area contributed by atoms with Gasteiger partial charge in [0.1, 0.15) is 0 Å². The van der Waals surface area contributed by atoms with E-state index in [1.54, 1.807) is 0 Å². The molecule has 1 unspecified atom stereocenters. The van der Waals surface area contributed by atoms with E-state index in [-0.39, 0.29) is 12.5 Å². The van der Waals surface area contributed by atoms with E-state index in [0.717, 1.165) is 13.1 Å². The van der Waals surface area contributed by atoms with Crippen LogP contribution in [0.5, 0.6) is 0 Å². The molecule has 0 aliphatic heterocycles. The van der Waals surface area contributed by atoms with E-state index in [1.165, 1.54) is 0 Å². The first-order valence-electron chi connectivity index (χ1n) is 6.55. The molecule has 0 aliphatic carbocycles. The summed E-state index contributed by atoms with van der Waals surface area (Å²) in [5, 5.41) is 12.0. The molecule has 0 fully saturated rings. The monoisotopic (exact) mass is 244 g/mol. The summed E-state index contributed by atoms with van der Waals surface area (Å²) in [5.41, 5.74) is 0. The molecular formula is C13H28N2O2. The van der Waals surface area contributed by atoms with Gasteiger partial charge in [0.15, 0.2) is 0 Å². The molecule has 0 spiro atoms. The van der Waals surface area contributed by atoms with E-state index < -0.39 is 5.97 Å². The zero-order valence-corrected chi connectivity index (χ0v) is 11.9. The summed E-state index contributed by atoms with van der Waals surface area (Å²) >= 11 is 0. The third-order valence-corrected chi connectivity index (χ3v) is 2.98. The van der Waals surface area contributed by atoms with Crippen LogP contribution in [0.3, 0.4) is 0 Å². The second-order valence-corrected chi connectivity index (χ2v) is 5.21. The van der Waals surface area contributed by atoms with E-state index in [1.807, 2.05) is 6.92 Å². The number of carboxylic acid groups (broad SMARTS) is 1. The maximum absolute atomic E-state index is 10.4. The summed E-state index contributed by atoms with van der Waals surface area (Å²) < 4.78 is 0. The van der Waals surface area contributed by atoms with Gasteiger partial charge < -0.3 is 10.4 Å². The molecule has 0 radical (unpaired) electrons. The first kappa shape index (κ1) is 16.4. The minimum Gasteiger partial charge on any atom is -0.481 e. The summed E-state index contributed by atoms with van der Waals surface area (Å²) in [6.45, 7) is 12.8. The Labute approximate surface area is 105 Å². The predicted octanol–water partition coefficient (Wildman–Crippen LogP) is 1.95. The standard InChI is InChI=1S/C13H28N2O2/c1-10(2)15(11(3)4)9-8-14-12(5)6-7-13(16)17/h10-12,14H,6-9H2,1-5H3,(H,16,17). The zero-order chi connectivity index (χ0) is 13.4. The van der Waals surface area contributed by atoms with Crippen molar-refractivity contribution in [1.29, 1.82) is 0 Å². The van der Waals surface area contributed by atoms with Gasteiger partial charge in [-0.2, -0.15) is 0 Å². The quantitative estimate of drug-likeness (QED) is 0.651. The van der Waals surface area contributed by atoms with Crippen LogP contribution in [0.4, 0.5) is 0 Å². The maximum atomic E-state index is 10.4.